The van der Waals surface area contributed by atoms with Gasteiger partial charge in [0.25, 0.3) is 6.43 Å². The zero-order chi connectivity index (χ0) is 11.3. The van der Waals surface area contributed by atoms with Gasteiger partial charge in [-0.25, -0.2) is 8.78 Å². The first-order valence-corrected chi connectivity index (χ1v) is 4.87. The summed E-state index contributed by atoms with van der Waals surface area (Å²) in [5.74, 6) is 0.228. The Hall–Kier alpha value is -0.730. The van der Waals surface area contributed by atoms with Crippen LogP contribution in [-0.2, 0) is 0 Å². The molecule has 0 rings (SSSR count). The van der Waals surface area contributed by atoms with Crippen molar-refractivity contribution in [2.75, 3.05) is 0 Å². The maximum absolute atomic E-state index is 12.5. The summed E-state index contributed by atoms with van der Waals surface area (Å²) in [4.78, 5) is 3.90. The number of rotatable bonds is 5. The minimum atomic E-state index is -2.46. The Morgan fingerprint density at radius 3 is 2.00 bits per heavy atom. The molecule has 0 aliphatic heterocycles. The van der Waals surface area contributed by atoms with Crippen molar-refractivity contribution < 1.29 is 8.78 Å². The molecule has 0 atom stereocenters. The zero-order valence-corrected chi connectivity index (χ0v) is 9.35. The van der Waals surface area contributed by atoms with Crippen LogP contribution in [0.15, 0.2) is 17.1 Å². The second kappa shape index (κ2) is 5.89. The smallest absolute Gasteiger partial charge is 0.276 e. The van der Waals surface area contributed by atoms with Crippen molar-refractivity contribution in [2.24, 2.45) is 10.9 Å². The lowest BCUT2D eigenvalue weighted by Gasteiger charge is -2.12. The van der Waals surface area contributed by atoms with Gasteiger partial charge in [0.15, 0.2) is 0 Å². The summed E-state index contributed by atoms with van der Waals surface area (Å²) in [6.07, 6.45) is -2.25. The van der Waals surface area contributed by atoms with E-state index in [1.807, 2.05) is 13.8 Å². The molecule has 0 saturated carbocycles. The normalized spacial score (nSPS) is 13.1. The Morgan fingerprint density at radius 2 is 1.71 bits per heavy atom. The second-order valence-corrected chi connectivity index (χ2v) is 4.00. The van der Waals surface area contributed by atoms with Crippen molar-refractivity contribution in [1.82, 2.24) is 0 Å². The minimum absolute atomic E-state index is 0.0429. The monoisotopic (exact) mass is 203 g/mol. The van der Waals surface area contributed by atoms with Gasteiger partial charge in [0.1, 0.15) is 0 Å². The zero-order valence-electron chi connectivity index (χ0n) is 9.35. The van der Waals surface area contributed by atoms with Crippen molar-refractivity contribution in [3.05, 3.63) is 12.2 Å². The number of aliphatic imine (C=N–C) groups is 1. The molecule has 0 aromatic heterocycles. The van der Waals surface area contributed by atoms with Crippen molar-refractivity contribution in [3.63, 3.8) is 0 Å². The summed E-state index contributed by atoms with van der Waals surface area (Å²) < 4.78 is 25.0. The summed E-state index contributed by atoms with van der Waals surface area (Å²) in [7, 11) is 0. The lowest BCUT2D eigenvalue weighted by Crippen LogP contribution is -2.15. The number of hydrogen-bond donors (Lipinski definition) is 0. The van der Waals surface area contributed by atoms with Crippen LogP contribution >= 0.6 is 0 Å². The van der Waals surface area contributed by atoms with E-state index in [9.17, 15) is 8.78 Å². The molecule has 0 aliphatic rings. The van der Waals surface area contributed by atoms with Gasteiger partial charge in [0.05, 0.1) is 5.71 Å². The van der Waals surface area contributed by atoms with Gasteiger partial charge in [-0.15, -0.1) is 0 Å². The molecule has 0 bridgehead atoms. The maximum Gasteiger partial charge on any atom is 0.276 e. The SMILES string of the molecule is C=C(C/C(=N\C(C)C)C(F)F)C(C)C. The number of nitrogens with zero attached hydrogens (tertiary/aromatic N) is 1. The van der Waals surface area contributed by atoms with E-state index in [2.05, 4.69) is 11.6 Å². The Bertz CT molecular complexity index is 217. The first-order chi connectivity index (χ1) is 6.34. The topological polar surface area (TPSA) is 12.4 Å². The van der Waals surface area contributed by atoms with Crippen LogP contribution in [0.4, 0.5) is 8.78 Å². The lowest BCUT2D eigenvalue weighted by molar-refractivity contribution is 0.222. The molecule has 0 aromatic rings. The predicted molar refractivity (Wildman–Crippen MR) is 57.2 cm³/mol. The predicted octanol–water partition coefficient (Wildman–Crippen LogP) is 3.70. The standard InChI is InChI=1S/C11H19F2N/c1-7(2)9(5)6-10(11(12)13)14-8(3)4/h7-8,11H,5-6H2,1-4H3/b14-10+. The molecular weight excluding hydrogens is 184 g/mol. The summed E-state index contributed by atoms with van der Waals surface area (Å²) in [6.45, 7) is 11.2. The third-order valence-corrected chi connectivity index (χ3v) is 1.90. The summed E-state index contributed by atoms with van der Waals surface area (Å²) in [6, 6.07) is -0.0843. The molecule has 82 valence electrons. The first-order valence-electron chi connectivity index (χ1n) is 4.87. The van der Waals surface area contributed by atoms with Gasteiger partial charge < -0.3 is 0 Å². The van der Waals surface area contributed by atoms with E-state index in [0.29, 0.717) is 0 Å². The number of alkyl halides is 2. The van der Waals surface area contributed by atoms with E-state index in [4.69, 9.17) is 0 Å². The number of hydrogen-bond acceptors (Lipinski definition) is 1. The highest BCUT2D eigenvalue weighted by atomic mass is 19.3. The van der Waals surface area contributed by atoms with E-state index in [1.165, 1.54) is 0 Å². The quantitative estimate of drug-likeness (QED) is 0.477. The Balaban J connectivity index is 4.47. The molecule has 0 aromatic carbocycles. The van der Waals surface area contributed by atoms with E-state index in [1.54, 1.807) is 13.8 Å². The van der Waals surface area contributed by atoms with E-state index >= 15 is 0 Å². The average Bonchev–Trinajstić information content (AvgIpc) is 2.01. The van der Waals surface area contributed by atoms with E-state index < -0.39 is 6.43 Å². The van der Waals surface area contributed by atoms with Crippen molar-refractivity contribution in [2.45, 2.75) is 46.6 Å². The van der Waals surface area contributed by atoms with Crippen LogP contribution in [0.25, 0.3) is 0 Å². The lowest BCUT2D eigenvalue weighted by atomic mass is 9.99. The molecule has 0 aliphatic carbocycles. The average molecular weight is 203 g/mol. The Kier molecular flexibility index (Phi) is 5.58. The molecule has 0 amide bonds. The molecule has 3 heteroatoms. The molecule has 0 unspecified atom stereocenters. The van der Waals surface area contributed by atoms with Gasteiger partial charge in [-0.1, -0.05) is 26.0 Å². The van der Waals surface area contributed by atoms with Crippen LogP contribution in [0.5, 0.6) is 0 Å². The minimum Gasteiger partial charge on any atom is -0.285 e. The number of allylic oxidation sites excluding steroid dienone is 1. The second-order valence-electron chi connectivity index (χ2n) is 4.00. The van der Waals surface area contributed by atoms with E-state index in [0.717, 1.165) is 5.57 Å². The van der Waals surface area contributed by atoms with Crippen LogP contribution in [0.2, 0.25) is 0 Å². The van der Waals surface area contributed by atoms with Crippen molar-refractivity contribution in [1.29, 1.82) is 0 Å². The highest BCUT2D eigenvalue weighted by Crippen LogP contribution is 2.15. The van der Waals surface area contributed by atoms with E-state index in [-0.39, 0.29) is 24.1 Å². The molecule has 0 saturated heterocycles. The highest BCUT2D eigenvalue weighted by Gasteiger charge is 2.15. The van der Waals surface area contributed by atoms with Gasteiger partial charge in [-0.2, -0.15) is 0 Å². The molecule has 1 nitrogen and oxygen atoms in total. The van der Waals surface area contributed by atoms with Crippen LogP contribution in [0.3, 0.4) is 0 Å². The van der Waals surface area contributed by atoms with Crippen LogP contribution in [0.1, 0.15) is 34.1 Å². The molecule has 0 spiro atoms. The van der Waals surface area contributed by atoms with Crippen LogP contribution in [-0.4, -0.2) is 18.2 Å². The summed E-state index contributed by atoms with van der Waals surface area (Å²) >= 11 is 0. The summed E-state index contributed by atoms with van der Waals surface area (Å²) in [5, 5.41) is 0. The largest absolute Gasteiger partial charge is 0.285 e. The van der Waals surface area contributed by atoms with Gasteiger partial charge in [0, 0.05) is 12.5 Å². The molecule has 0 N–H and O–H groups in total. The van der Waals surface area contributed by atoms with Crippen LogP contribution < -0.4 is 0 Å². The Morgan fingerprint density at radius 1 is 1.21 bits per heavy atom. The molecule has 0 fully saturated rings. The first kappa shape index (κ1) is 13.3. The molecular formula is C11H19F2N. The van der Waals surface area contributed by atoms with Crippen LogP contribution in [0, 0.1) is 5.92 Å². The molecule has 0 radical (unpaired) electrons. The van der Waals surface area contributed by atoms with Gasteiger partial charge >= 0.3 is 0 Å². The molecule has 14 heavy (non-hydrogen) atoms. The fourth-order valence-corrected chi connectivity index (χ4v) is 0.948. The maximum atomic E-state index is 12.5. The number of halogens is 2. The van der Waals surface area contributed by atoms with Gasteiger partial charge in [-0.3, -0.25) is 4.99 Å². The van der Waals surface area contributed by atoms with Gasteiger partial charge in [-0.05, 0) is 19.8 Å². The molecule has 0 heterocycles. The third-order valence-electron chi connectivity index (χ3n) is 1.90. The fourth-order valence-electron chi connectivity index (χ4n) is 0.948. The van der Waals surface area contributed by atoms with Gasteiger partial charge in [0.2, 0.25) is 0 Å². The highest BCUT2D eigenvalue weighted by molar-refractivity contribution is 5.89. The third kappa shape index (κ3) is 5.10. The fraction of sp³-hybridized carbons (Fsp3) is 0.727. The Labute approximate surface area is 84.9 Å². The van der Waals surface area contributed by atoms with Crippen molar-refractivity contribution in [3.8, 4) is 0 Å². The van der Waals surface area contributed by atoms with Crippen molar-refractivity contribution >= 4 is 5.71 Å². The summed E-state index contributed by atoms with van der Waals surface area (Å²) in [5.41, 5.74) is 0.767.